The largest absolute Gasteiger partial charge is 0.335 e. The zero-order valence-corrected chi connectivity index (χ0v) is 19.9. The van der Waals surface area contributed by atoms with Gasteiger partial charge in [0.25, 0.3) is 11.8 Å². The number of carbonyl (C=O) groups is 4. The summed E-state index contributed by atoms with van der Waals surface area (Å²) >= 11 is 0. The maximum absolute atomic E-state index is 13.5. The molecule has 0 aliphatic carbocycles. The minimum Gasteiger partial charge on any atom is -0.335 e. The number of imide groups is 1. The second-order valence-corrected chi connectivity index (χ2v) is 9.69. The van der Waals surface area contributed by atoms with Gasteiger partial charge in [-0.25, -0.2) is 0 Å². The van der Waals surface area contributed by atoms with Crippen molar-refractivity contribution in [2.24, 2.45) is 0 Å². The van der Waals surface area contributed by atoms with Crippen molar-refractivity contribution in [1.82, 2.24) is 20.0 Å². The summed E-state index contributed by atoms with van der Waals surface area (Å²) in [5.41, 5.74) is 3.02. The van der Waals surface area contributed by atoms with E-state index in [4.69, 9.17) is 0 Å². The Morgan fingerprint density at radius 3 is 2.63 bits per heavy atom. The number of nitrogens with zero attached hydrogens (tertiary/aromatic N) is 3. The van der Waals surface area contributed by atoms with E-state index >= 15 is 0 Å². The van der Waals surface area contributed by atoms with E-state index in [0.717, 1.165) is 31.6 Å². The summed E-state index contributed by atoms with van der Waals surface area (Å²) < 4.78 is 0. The molecule has 2 fully saturated rings. The van der Waals surface area contributed by atoms with Crippen LogP contribution >= 0.6 is 0 Å². The van der Waals surface area contributed by atoms with Gasteiger partial charge in [0.15, 0.2) is 0 Å². The molecule has 2 aromatic rings. The van der Waals surface area contributed by atoms with Crippen LogP contribution in [0.1, 0.15) is 58.0 Å². The lowest BCUT2D eigenvalue weighted by Crippen LogP contribution is -2.52. The van der Waals surface area contributed by atoms with Gasteiger partial charge in [-0.2, -0.15) is 0 Å². The van der Waals surface area contributed by atoms with Gasteiger partial charge in [-0.1, -0.05) is 36.4 Å². The Morgan fingerprint density at radius 1 is 1.06 bits per heavy atom. The Hall–Kier alpha value is -3.52. The summed E-state index contributed by atoms with van der Waals surface area (Å²) in [7, 11) is 0. The van der Waals surface area contributed by atoms with Gasteiger partial charge in [0, 0.05) is 56.3 Å². The first-order chi connectivity index (χ1) is 16.9. The summed E-state index contributed by atoms with van der Waals surface area (Å²) in [5, 5.41) is 2.32. The topological polar surface area (TPSA) is 90.0 Å². The number of hydrogen-bond donors (Lipinski definition) is 1. The quantitative estimate of drug-likeness (QED) is 0.686. The van der Waals surface area contributed by atoms with E-state index in [-0.39, 0.29) is 30.2 Å². The van der Waals surface area contributed by atoms with Gasteiger partial charge in [0.1, 0.15) is 6.04 Å². The number of rotatable bonds is 4. The standard InChI is InChI=1S/C27H30N4O4/c1-18-15-29(16-19-6-3-2-4-7-19)12-5-13-30(18)26(34)20-8-9-21-17-31(27(35)22(21)14-20)23-10-11-24(32)28-25(23)33/h2-4,6-9,14,18,23H,5,10-13,15-17H2,1H3,(H,28,32,33). The zero-order chi connectivity index (χ0) is 24.5. The van der Waals surface area contributed by atoms with Crippen molar-refractivity contribution in [3.05, 3.63) is 70.8 Å². The third-order valence-electron chi connectivity index (χ3n) is 7.21. The van der Waals surface area contributed by atoms with Crippen molar-refractivity contribution in [3.8, 4) is 0 Å². The second-order valence-electron chi connectivity index (χ2n) is 9.69. The first-order valence-electron chi connectivity index (χ1n) is 12.3. The Bertz CT molecular complexity index is 1170. The monoisotopic (exact) mass is 474 g/mol. The van der Waals surface area contributed by atoms with E-state index in [1.807, 2.05) is 29.2 Å². The Labute approximate surface area is 204 Å². The number of piperidine rings is 1. The molecule has 2 aromatic carbocycles. The fraction of sp³-hybridized carbons (Fsp3) is 0.407. The van der Waals surface area contributed by atoms with E-state index in [9.17, 15) is 19.2 Å². The van der Waals surface area contributed by atoms with Crippen molar-refractivity contribution in [2.45, 2.75) is 51.4 Å². The molecule has 2 atom stereocenters. The Morgan fingerprint density at radius 2 is 1.86 bits per heavy atom. The molecule has 8 heteroatoms. The molecule has 4 amide bonds. The van der Waals surface area contributed by atoms with E-state index in [1.165, 1.54) is 10.5 Å². The fourth-order valence-corrected chi connectivity index (χ4v) is 5.39. The minimum absolute atomic E-state index is 0.0395. The molecule has 0 aromatic heterocycles. The summed E-state index contributed by atoms with van der Waals surface area (Å²) in [6.07, 6.45) is 1.42. The molecule has 35 heavy (non-hydrogen) atoms. The van der Waals surface area contributed by atoms with Crippen LogP contribution in [0, 0.1) is 0 Å². The van der Waals surface area contributed by atoms with E-state index < -0.39 is 11.9 Å². The maximum Gasteiger partial charge on any atom is 0.255 e. The van der Waals surface area contributed by atoms with Crippen LogP contribution in [0.5, 0.6) is 0 Å². The summed E-state index contributed by atoms with van der Waals surface area (Å²) in [5.74, 6) is -1.08. The predicted octanol–water partition coefficient (Wildman–Crippen LogP) is 2.18. The third kappa shape index (κ3) is 4.71. The van der Waals surface area contributed by atoms with Gasteiger partial charge in [0.05, 0.1) is 0 Å². The van der Waals surface area contributed by atoms with E-state index in [1.54, 1.807) is 12.1 Å². The molecule has 8 nitrogen and oxygen atoms in total. The van der Waals surface area contributed by atoms with Gasteiger partial charge in [-0.3, -0.25) is 29.4 Å². The highest BCUT2D eigenvalue weighted by Crippen LogP contribution is 2.29. The van der Waals surface area contributed by atoms with Crippen molar-refractivity contribution in [1.29, 1.82) is 0 Å². The van der Waals surface area contributed by atoms with Gasteiger partial charge >= 0.3 is 0 Å². The van der Waals surface area contributed by atoms with E-state index in [0.29, 0.717) is 30.6 Å². The molecule has 0 saturated carbocycles. The lowest BCUT2D eigenvalue weighted by Gasteiger charge is -2.29. The molecule has 1 N–H and O–H groups in total. The molecular weight excluding hydrogens is 444 g/mol. The first-order valence-corrected chi connectivity index (χ1v) is 12.3. The third-order valence-corrected chi connectivity index (χ3v) is 7.21. The lowest BCUT2D eigenvalue weighted by molar-refractivity contribution is -0.136. The van der Waals surface area contributed by atoms with Crippen molar-refractivity contribution >= 4 is 23.6 Å². The minimum atomic E-state index is -0.659. The highest BCUT2D eigenvalue weighted by Gasteiger charge is 2.39. The molecule has 5 rings (SSSR count). The normalized spacial score (nSPS) is 23.2. The van der Waals surface area contributed by atoms with Gasteiger partial charge in [-0.05, 0) is 43.0 Å². The molecule has 0 bridgehead atoms. The predicted molar refractivity (Wildman–Crippen MR) is 129 cm³/mol. The van der Waals surface area contributed by atoms with Gasteiger partial charge in [-0.15, -0.1) is 0 Å². The lowest BCUT2D eigenvalue weighted by atomic mass is 10.0. The maximum atomic E-state index is 13.5. The number of hydrogen-bond acceptors (Lipinski definition) is 5. The Kier molecular flexibility index (Phi) is 6.38. The SMILES string of the molecule is CC1CN(Cc2ccccc2)CCCN1C(=O)c1ccc2c(c1)C(=O)N(C1CCC(=O)NC1=O)C2. The smallest absolute Gasteiger partial charge is 0.255 e. The molecule has 3 aliphatic rings. The second kappa shape index (κ2) is 9.62. The van der Waals surface area contributed by atoms with Crippen LogP contribution in [0.15, 0.2) is 48.5 Å². The van der Waals surface area contributed by atoms with Crippen molar-refractivity contribution in [3.63, 3.8) is 0 Å². The molecule has 2 saturated heterocycles. The average molecular weight is 475 g/mol. The number of benzene rings is 2. The van der Waals surface area contributed by atoms with E-state index in [2.05, 4.69) is 29.3 Å². The van der Waals surface area contributed by atoms with Crippen molar-refractivity contribution in [2.75, 3.05) is 19.6 Å². The van der Waals surface area contributed by atoms with Crippen LogP contribution in [0.4, 0.5) is 0 Å². The number of carbonyl (C=O) groups excluding carboxylic acids is 4. The molecule has 0 radical (unpaired) electrons. The Balaban J connectivity index is 1.28. The van der Waals surface area contributed by atoms with Crippen LogP contribution in [0.3, 0.4) is 0 Å². The number of amides is 4. The number of fused-ring (bicyclic) bond motifs is 1. The summed E-state index contributed by atoms with van der Waals surface area (Å²) in [6.45, 7) is 5.61. The average Bonchev–Trinajstić information content (AvgIpc) is 3.05. The molecular formula is C27H30N4O4. The number of nitrogens with one attached hydrogen (secondary N) is 1. The van der Waals surface area contributed by atoms with Gasteiger partial charge < -0.3 is 9.80 Å². The molecule has 182 valence electrons. The van der Waals surface area contributed by atoms with Crippen LogP contribution < -0.4 is 5.32 Å². The van der Waals surface area contributed by atoms with Crippen LogP contribution in [0.2, 0.25) is 0 Å². The van der Waals surface area contributed by atoms with Crippen LogP contribution in [-0.4, -0.2) is 70.0 Å². The first kappa shape index (κ1) is 23.2. The highest BCUT2D eigenvalue weighted by molar-refractivity contribution is 6.06. The molecule has 3 heterocycles. The summed E-state index contributed by atoms with van der Waals surface area (Å²) in [6, 6.07) is 15.0. The molecule has 0 spiro atoms. The molecule has 3 aliphatic heterocycles. The highest BCUT2D eigenvalue weighted by atomic mass is 16.2. The molecule has 2 unspecified atom stereocenters. The summed E-state index contributed by atoms with van der Waals surface area (Å²) in [4.78, 5) is 56.2. The zero-order valence-electron chi connectivity index (χ0n) is 19.9. The fourth-order valence-electron chi connectivity index (χ4n) is 5.39. The van der Waals surface area contributed by atoms with Crippen LogP contribution in [0.25, 0.3) is 0 Å². The van der Waals surface area contributed by atoms with Crippen molar-refractivity contribution < 1.29 is 19.2 Å². The van der Waals surface area contributed by atoms with Gasteiger partial charge in [0.2, 0.25) is 11.8 Å². The van der Waals surface area contributed by atoms with Crippen LogP contribution in [-0.2, 0) is 22.7 Å².